The summed E-state index contributed by atoms with van der Waals surface area (Å²) in [6, 6.07) is 10.6. The maximum absolute atomic E-state index is 13.9. The number of rotatable bonds is 4. The predicted octanol–water partition coefficient (Wildman–Crippen LogP) is 4.04. The van der Waals surface area contributed by atoms with Crippen LogP contribution in [0.15, 0.2) is 42.5 Å². The molecule has 0 spiro atoms. The van der Waals surface area contributed by atoms with Crippen LogP contribution in [-0.4, -0.2) is 36.7 Å². The number of hydrogen-bond acceptors (Lipinski definition) is 3. The molecule has 0 saturated carbocycles. The molecular weight excluding hydrogens is 378 g/mol. The fourth-order valence-corrected chi connectivity index (χ4v) is 3.63. The Morgan fingerprint density at radius 3 is 2.81 bits per heavy atom. The van der Waals surface area contributed by atoms with Gasteiger partial charge in [-0.15, -0.1) is 12.4 Å². The van der Waals surface area contributed by atoms with Crippen molar-refractivity contribution in [1.82, 2.24) is 10.2 Å². The minimum atomic E-state index is -0.320. The molecule has 1 heterocycles. The highest BCUT2D eigenvalue weighted by Crippen LogP contribution is 2.26. The van der Waals surface area contributed by atoms with Gasteiger partial charge in [0.05, 0.1) is 6.04 Å². The summed E-state index contributed by atoms with van der Waals surface area (Å²) in [6.07, 6.45) is 1.89. The highest BCUT2D eigenvalue weighted by molar-refractivity contribution is 7.97. The molecule has 1 N–H and O–H groups in total. The maximum atomic E-state index is 13.9. The Hall–Kier alpha value is -1.63. The summed E-state index contributed by atoms with van der Waals surface area (Å²) in [4.78, 5) is 14.7. The van der Waals surface area contributed by atoms with Crippen LogP contribution in [0.3, 0.4) is 0 Å². The molecule has 2 aromatic carbocycles. The van der Waals surface area contributed by atoms with Crippen molar-refractivity contribution >= 4 is 30.1 Å². The molecule has 0 radical (unpaired) electrons. The van der Waals surface area contributed by atoms with Gasteiger partial charge in [0, 0.05) is 31.0 Å². The third-order valence-corrected chi connectivity index (χ3v) is 4.93. The summed E-state index contributed by atoms with van der Waals surface area (Å²) in [5, 5.41) is 3.25. The van der Waals surface area contributed by atoms with Gasteiger partial charge in [-0.1, -0.05) is 12.1 Å². The third-order valence-electron chi connectivity index (χ3n) is 4.33. The molecule has 1 aliphatic rings. The fourth-order valence-electron chi connectivity index (χ4n) is 3.10. The number of halogens is 3. The molecule has 3 rings (SSSR count). The number of amides is 1. The number of carbonyl (C=O) groups is 1. The molecule has 2 aromatic rings. The van der Waals surface area contributed by atoms with E-state index < -0.39 is 0 Å². The fraction of sp³-hybridized carbons (Fsp3) is 0.316. The van der Waals surface area contributed by atoms with E-state index in [0.717, 1.165) is 5.56 Å². The molecule has 26 heavy (non-hydrogen) atoms. The lowest BCUT2D eigenvalue weighted by molar-refractivity contribution is 0.0634. The smallest absolute Gasteiger partial charge is 0.254 e. The quantitative estimate of drug-likeness (QED) is 0.843. The Balaban J connectivity index is 0.00000243. The summed E-state index contributed by atoms with van der Waals surface area (Å²) in [5.74, 6) is -0.257. The Labute approximate surface area is 162 Å². The van der Waals surface area contributed by atoms with Crippen LogP contribution in [0.4, 0.5) is 8.78 Å². The SMILES string of the molecule is CSCc1cc(C(=O)N2CCNCC2c2cccc(F)c2)ccc1F.Cl. The molecule has 1 atom stereocenters. The van der Waals surface area contributed by atoms with E-state index >= 15 is 0 Å². The molecule has 3 nitrogen and oxygen atoms in total. The lowest BCUT2D eigenvalue weighted by Crippen LogP contribution is -2.48. The number of nitrogens with zero attached hydrogens (tertiary/aromatic N) is 1. The van der Waals surface area contributed by atoms with Crippen LogP contribution < -0.4 is 5.32 Å². The van der Waals surface area contributed by atoms with Crippen molar-refractivity contribution in [3.05, 3.63) is 70.8 Å². The molecule has 1 saturated heterocycles. The molecule has 0 bridgehead atoms. The van der Waals surface area contributed by atoms with Gasteiger partial charge in [0.1, 0.15) is 11.6 Å². The van der Waals surface area contributed by atoms with Gasteiger partial charge in [-0.25, -0.2) is 8.78 Å². The zero-order chi connectivity index (χ0) is 17.8. The Kier molecular flexibility index (Phi) is 7.43. The Morgan fingerprint density at radius 1 is 1.27 bits per heavy atom. The molecule has 0 aromatic heterocycles. The Bertz CT molecular complexity index is 775. The van der Waals surface area contributed by atoms with Gasteiger partial charge in [0.25, 0.3) is 5.91 Å². The summed E-state index contributed by atoms with van der Waals surface area (Å²) in [7, 11) is 0. The van der Waals surface area contributed by atoms with Gasteiger partial charge in [-0.2, -0.15) is 11.8 Å². The van der Waals surface area contributed by atoms with Gasteiger partial charge < -0.3 is 10.2 Å². The largest absolute Gasteiger partial charge is 0.329 e. The van der Waals surface area contributed by atoms with Crippen molar-refractivity contribution in [2.45, 2.75) is 11.8 Å². The third kappa shape index (κ3) is 4.55. The second-order valence-corrected chi connectivity index (χ2v) is 6.88. The predicted molar refractivity (Wildman–Crippen MR) is 104 cm³/mol. The van der Waals surface area contributed by atoms with Crippen molar-refractivity contribution in [2.24, 2.45) is 0 Å². The summed E-state index contributed by atoms with van der Waals surface area (Å²) in [6.45, 7) is 1.76. The van der Waals surface area contributed by atoms with Crippen LogP contribution in [0.5, 0.6) is 0 Å². The minimum Gasteiger partial charge on any atom is -0.329 e. The first-order valence-corrected chi connectivity index (χ1v) is 9.54. The molecule has 1 aliphatic heterocycles. The molecule has 7 heteroatoms. The lowest BCUT2D eigenvalue weighted by atomic mass is 10.0. The van der Waals surface area contributed by atoms with Gasteiger partial charge in [-0.3, -0.25) is 4.79 Å². The second kappa shape index (κ2) is 9.35. The van der Waals surface area contributed by atoms with Crippen molar-refractivity contribution in [3.63, 3.8) is 0 Å². The molecular formula is C19H21ClF2N2OS. The van der Waals surface area contributed by atoms with Crippen LogP contribution >= 0.6 is 24.2 Å². The second-order valence-electron chi connectivity index (χ2n) is 6.01. The summed E-state index contributed by atoms with van der Waals surface area (Å²) < 4.78 is 27.4. The van der Waals surface area contributed by atoms with Gasteiger partial charge in [0.2, 0.25) is 0 Å². The van der Waals surface area contributed by atoms with Gasteiger partial charge in [-0.05, 0) is 47.7 Å². The van der Waals surface area contributed by atoms with E-state index in [9.17, 15) is 13.6 Å². The van der Waals surface area contributed by atoms with Crippen LogP contribution in [0.1, 0.15) is 27.5 Å². The van der Waals surface area contributed by atoms with E-state index in [-0.39, 0.29) is 36.0 Å². The average Bonchev–Trinajstić information content (AvgIpc) is 2.63. The molecule has 140 valence electrons. The number of nitrogens with one attached hydrogen (secondary N) is 1. The average molecular weight is 399 g/mol. The van der Waals surface area contributed by atoms with E-state index in [2.05, 4.69) is 5.32 Å². The lowest BCUT2D eigenvalue weighted by Gasteiger charge is -2.36. The van der Waals surface area contributed by atoms with Crippen molar-refractivity contribution in [3.8, 4) is 0 Å². The summed E-state index contributed by atoms with van der Waals surface area (Å²) in [5.41, 5.74) is 1.75. The number of thioether (sulfide) groups is 1. The number of benzene rings is 2. The first kappa shape index (κ1) is 20.7. The molecule has 1 amide bonds. The topological polar surface area (TPSA) is 32.3 Å². The van der Waals surface area contributed by atoms with Crippen LogP contribution in [0.2, 0.25) is 0 Å². The van der Waals surface area contributed by atoms with E-state index in [0.29, 0.717) is 36.5 Å². The van der Waals surface area contributed by atoms with E-state index in [4.69, 9.17) is 0 Å². The van der Waals surface area contributed by atoms with Gasteiger partial charge >= 0.3 is 0 Å². The van der Waals surface area contributed by atoms with E-state index in [1.807, 2.05) is 12.3 Å². The maximum Gasteiger partial charge on any atom is 0.254 e. The number of piperazine rings is 1. The number of carbonyl (C=O) groups excluding carboxylic acids is 1. The molecule has 1 unspecified atom stereocenters. The summed E-state index contributed by atoms with van der Waals surface area (Å²) >= 11 is 1.51. The van der Waals surface area contributed by atoms with Crippen molar-refractivity contribution in [1.29, 1.82) is 0 Å². The number of hydrogen-bond donors (Lipinski definition) is 1. The monoisotopic (exact) mass is 398 g/mol. The minimum absolute atomic E-state index is 0. The van der Waals surface area contributed by atoms with Crippen LogP contribution in [0.25, 0.3) is 0 Å². The highest BCUT2D eigenvalue weighted by Gasteiger charge is 2.29. The van der Waals surface area contributed by atoms with Crippen LogP contribution in [-0.2, 0) is 5.75 Å². The van der Waals surface area contributed by atoms with Gasteiger partial charge in [0.15, 0.2) is 0 Å². The van der Waals surface area contributed by atoms with E-state index in [1.165, 1.54) is 36.0 Å². The zero-order valence-corrected chi connectivity index (χ0v) is 16.0. The van der Waals surface area contributed by atoms with Crippen molar-refractivity contribution < 1.29 is 13.6 Å². The first-order valence-electron chi connectivity index (χ1n) is 8.14. The molecule has 1 fully saturated rings. The standard InChI is InChI=1S/C19H20F2N2OS.ClH/c1-25-12-15-9-14(5-6-17(15)21)19(24)23-8-7-22-11-18(23)13-3-2-4-16(20)10-13;/h2-6,9-10,18,22H,7-8,11-12H2,1H3;1H. The van der Waals surface area contributed by atoms with E-state index in [1.54, 1.807) is 17.0 Å². The first-order chi connectivity index (χ1) is 12.1. The Morgan fingerprint density at radius 2 is 2.08 bits per heavy atom. The normalized spacial score (nSPS) is 16.9. The molecule has 0 aliphatic carbocycles. The van der Waals surface area contributed by atoms with Crippen LogP contribution in [0, 0.1) is 11.6 Å². The van der Waals surface area contributed by atoms with Crippen molar-refractivity contribution in [2.75, 3.05) is 25.9 Å². The zero-order valence-electron chi connectivity index (χ0n) is 14.4. The highest BCUT2D eigenvalue weighted by atomic mass is 35.5.